The molecule has 0 unspecified atom stereocenters. The average molecular weight is 332 g/mol. The van der Waals surface area contributed by atoms with Crippen LogP contribution in [0.15, 0.2) is 64.5 Å². The number of nitrogens with one attached hydrogen (secondary N) is 2. The molecule has 2 N–H and O–H groups in total. The van der Waals surface area contributed by atoms with Crippen LogP contribution in [-0.2, 0) is 12.0 Å². The van der Waals surface area contributed by atoms with Crippen LogP contribution in [-0.4, -0.2) is 4.98 Å². The molecule has 128 valence electrons. The molecule has 0 radical (unpaired) electrons. The minimum atomic E-state index is -0.288. The van der Waals surface area contributed by atoms with Gasteiger partial charge in [0.15, 0.2) is 0 Å². The van der Waals surface area contributed by atoms with Gasteiger partial charge < -0.3 is 10.3 Å². The Balaban J connectivity index is 1.94. The molecule has 3 heteroatoms. The van der Waals surface area contributed by atoms with E-state index in [0.717, 1.165) is 24.2 Å². The van der Waals surface area contributed by atoms with Crippen LogP contribution in [0.2, 0.25) is 0 Å². The number of aryl methyl sites for hydroxylation is 1. The van der Waals surface area contributed by atoms with Gasteiger partial charge in [-0.05, 0) is 62.9 Å². The van der Waals surface area contributed by atoms with Crippen molar-refractivity contribution in [3.05, 3.63) is 86.9 Å². The molecule has 1 heterocycles. The van der Waals surface area contributed by atoms with E-state index in [1.165, 1.54) is 22.3 Å². The second-order valence-corrected chi connectivity index (χ2v) is 7.36. The number of anilines is 1. The van der Waals surface area contributed by atoms with Gasteiger partial charge in [-0.15, -0.1) is 0 Å². The Morgan fingerprint density at radius 3 is 2.84 bits per heavy atom. The lowest BCUT2D eigenvalue weighted by molar-refractivity contribution is 0.440. The molecular formula is C22H24N2O. The SMILES string of the molecule is C/C=C1\[C@H]2C=C(C)C[C@]1(Nc1cccc(C)c1)c1ccc(=O)[nH]c1C2. The van der Waals surface area contributed by atoms with Crippen LogP contribution < -0.4 is 10.9 Å². The third kappa shape index (κ3) is 2.55. The number of aromatic amines is 1. The van der Waals surface area contributed by atoms with Crippen molar-refractivity contribution >= 4 is 5.69 Å². The van der Waals surface area contributed by atoms with Crippen molar-refractivity contribution in [2.24, 2.45) is 5.92 Å². The molecule has 2 aromatic rings. The Morgan fingerprint density at radius 2 is 2.08 bits per heavy atom. The van der Waals surface area contributed by atoms with Gasteiger partial charge in [0.05, 0.1) is 5.54 Å². The van der Waals surface area contributed by atoms with Crippen LogP contribution in [0.5, 0.6) is 0 Å². The Bertz CT molecular complexity index is 950. The number of aromatic nitrogens is 1. The van der Waals surface area contributed by atoms with Gasteiger partial charge in [0.2, 0.25) is 5.56 Å². The van der Waals surface area contributed by atoms with Crippen molar-refractivity contribution < 1.29 is 0 Å². The Labute approximate surface area is 148 Å². The summed E-state index contributed by atoms with van der Waals surface area (Å²) in [6.07, 6.45) is 6.39. The molecule has 1 aromatic carbocycles. The van der Waals surface area contributed by atoms with Crippen LogP contribution in [0.3, 0.4) is 0 Å². The maximum Gasteiger partial charge on any atom is 0.248 e. The van der Waals surface area contributed by atoms with Gasteiger partial charge in [0, 0.05) is 28.9 Å². The molecule has 2 aliphatic carbocycles. The Kier molecular flexibility index (Phi) is 3.68. The first-order valence-corrected chi connectivity index (χ1v) is 8.93. The highest BCUT2D eigenvalue weighted by Crippen LogP contribution is 2.51. The molecule has 0 saturated carbocycles. The van der Waals surface area contributed by atoms with Crippen LogP contribution in [0.4, 0.5) is 5.69 Å². The van der Waals surface area contributed by atoms with E-state index in [0.29, 0.717) is 5.92 Å². The number of hydrogen-bond donors (Lipinski definition) is 2. The lowest BCUT2D eigenvalue weighted by Gasteiger charge is -2.48. The Hall–Kier alpha value is -2.55. The summed E-state index contributed by atoms with van der Waals surface area (Å²) in [4.78, 5) is 15.0. The van der Waals surface area contributed by atoms with Crippen molar-refractivity contribution in [2.75, 3.05) is 5.32 Å². The van der Waals surface area contributed by atoms with E-state index in [1.807, 2.05) is 6.07 Å². The maximum atomic E-state index is 11.9. The van der Waals surface area contributed by atoms with E-state index >= 15 is 0 Å². The molecule has 0 saturated heterocycles. The van der Waals surface area contributed by atoms with Crippen LogP contribution in [0.1, 0.15) is 37.1 Å². The van der Waals surface area contributed by atoms with Gasteiger partial charge in [-0.25, -0.2) is 0 Å². The van der Waals surface area contributed by atoms with Crippen LogP contribution in [0, 0.1) is 12.8 Å². The number of hydrogen-bond acceptors (Lipinski definition) is 2. The first kappa shape index (κ1) is 15.9. The maximum absolute atomic E-state index is 11.9. The smallest absolute Gasteiger partial charge is 0.248 e. The number of rotatable bonds is 2. The molecule has 25 heavy (non-hydrogen) atoms. The summed E-state index contributed by atoms with van der Waals surface area (Å²) in [7, 11) is 0. The lowest BCUT2D eigenvalue weighted by atomic mass is 9.63. The predicted octanol–water partition coefficient (Wildman–Crippen LogP) is 4.46. The van der Waals surface area contributed by atoms with Crippen molar-refractivity contribution in [3.8, 4) is 0 Å². The van der Waals surface area contributed by atoms with Crippen LogP contribution in [0.25, 0.3) is 0 Å². The minimum absolute atomic E-state index is 0.0211. The van der Waals surface area contributed by atoms with E-state index in [4.69, 9.17) is 0 Å². The van der Waals surface area contributed by atoms with E-state index in [2.05, 4.69) is 67.5 Å². The molecular weight excluding hydrogens is 308 g/mol. The number of pyridine rings is 1. The normalized spacial score (nSPS) is 26.1. The predicted molar refractivity (Wildman–Crippen MR) is 103 cm³/mol. The number of fused-ring (bicyclic) bond motifs is 4. The average Bonchev–Trinajstić information content (AvgIpc) is 2.53. The van der Waals surface area contributed by atoms with Crippen LogP contribution >= 0.6 is 0 Å². The summed E-state index contributed by atoms with van der Waals surface area (Å²) >= 11 is 0. The largest absolute Gasteiger partial charge is 0.371 e. The second-order valence-electron chi connectivity index (χ2n) is 7.36. The van der Waals surface area contributed by atoms with Crippen molar-refractivity contribution in [1.82, 2.24) is 4.98 Å². The fourth-order valence-electron chi connectivity index (χ4n) is 4.66. The van der Waals surface area contributed by atoms with Crippen molar-refractivity contribution in [3.63, 3.8) is 0 Å². The van der Waals surface area contributed by atoms with Crippen molar-refractivity contribution in [2.45, 2.75) is 39.2 Å². The first-order valence-electron chi connectivity index (χ1n) is 8.93. The number of allylic oxidation sites excluding steroid dienone is 2. The molecule has 2 aliphatic rings. The number of H-pyrrole nitrogens is 1. The first-order chi connectivity index (χ1) is 12.0. The highest BCUT2D eigenvalue weighted by molar-refractivity contribution is 5.59. The number of benzene rings is 1. The highest BCUT2D eigenvalue weighted by atomic mass is 16.1. The minimum Gasteiger partial charge on any atom is -0.371 e. The molecule has 4 rings (SSSR count). The molecule has 1 aromatic heterocycles. The summed E-state index contributed by atoms with van der Waals surface area (Å²) in [5.74, 6) is 0.335. The fourth-order valence-corrected chi connectivity index (χ4v) is 4.66. The molecule has 0 spiro atoms. The van der Waals surface area contributed by atoms with Gasteiger partial charge >= 0.3 is 0 Å². The molecule has 2 atom stereocenters. The molecule has 0 fully saturated rings. The topological polar surface area (TPSA) is 44.9 Å². The summed E-state index contributed by atoms with van der Waals surface area (Å²) in [6.45, 7) is 6.45. The van der Waals surface area contributed by atoms with Gasteiger partial charge in [-0.3, -0.25) is 4.79 Å². The third-order valence-electron chi connectivity index (χ3n) is 5.49. The van der Waals surface area contributed by atoms with Gasteiger partial charge in [0.1, 0.15) is 0 Å². The van der Waals surface area contributed by atoms with E-state index in [-0.39, 0.29) is 11.1 Å². The second kappa shape index (κ2) is 5.76. The molecule has 0 amide bonds. The molecule has 3 nitrogen and oxygen atoms in total. The van der Waals surface area contributed by atoms with Gasteiger partial charge in [-0.1, -0.05) is 29.9 Å². The van der Waals surface area contributed by atoms with E-state index in [9.17, 15) is 4.79 Å². The molecule has 2 bridgehead atoms. The highest BCUT2D eigenvalue weighted by Gasteiger charge is 2.46. The lowest BCUT2D eigenvalue weighted by Crippen LogP contribution is -2.47. The monoisotopic (exact) mass is 332 g/mol. The van der Waals surface area contributed by atoms with Crippen molar-refractivity contribution in [1.29, 1.82) is 0 Å². The zero-order valence-electron chi connectivity index (χ0n) is 15.0. The zero-order valence-corrected chi connectivity index (χ0v) is 15.0. The summed E-state index contributed by atoms with van der Waals surface area (Å²) in [6, 6.07) is 12.2. The third-order valence-corrected chi connectivity index (χ3v) is 5.49. The summed E-state index contributed by atoms with van der Waals surface area (Å²) in [5.41, 5.74) is 7.10. The molecule has 0 aliphatic heterocycles. The zero-order chi connectivity index (χ0) is 17.6. The summed E-state index contributed by atoms with van der Waals surface area (Å²) in [5, 5.41) is 3.84. The van der Waals surface area contributed by atoms with Gasteiger partial charge in [0.25, 0.3) is 0 Å². The van der Waals surface area contributed by atoms with Gasteiger partial charge in [-0.2, -0.15) is 0 Å². The quantitative estimate of drug-likeness (QED) is 0.798. The van der Waals surface area contributed by atoms with E-state index in [1.54, 1.807) is 6.07 Å². The summed E-state index contributed by atoms with van der Waals surface area (Å²) < 4.78 is 0. The van der Waals surface area contributed by atoms with E-state index < -0.39 is 0 Å². The standard InChI is InChI=1S/C22H24N2O/c1-4-18-16-10-15(3)13-22(18,24-17-7-5-6-14(2)11-17)19-8-9-21(25)23-20(19)12-16/h4-11,16,24H,12-13H2,1-3H3,(H,23,25)/b18-4+/t16-,22+/m0/s1. The fraction of sp³-hybridized carbons (Fsp3) is 0.318. The Morgan fingerprint density at radius 1 is 1.24 bits per heavy atom.